The molecule has 0 saturated carbocycles. The lowest BCUT2D eigenvalue weighted by Crippen LogP contribution is -2.40. The van der Waals surface area contributed by atoms with Gasteiger partial charge in [0.1, 0.15) is 0 Å². The molecule has 0 unspecified atom stereocenters. The Kier molecular flexibility index (Phi) is 6.31. The lowest BCUT2D eigenvalue weighted by Gasteiger charge is -2.24. The van der Waals surface area contributed by atoms with Crippen molar-refractivity contribution in [3.05, 3.63) is 0 Å². The second kappa shape index (κ2) is 6.37. The van der Waals surface area contributed by atoms with Crippen LogP contribution in [0.4, 0.5) is 0 Å². The first-order valence-electron chi connectivity index (χ1n) is 5.14. The molecule has 5 heteroatoms. The van der Waals surface area contributed by atoms with Crippen molar-refractivity contribution in [1.29, 1.82) is 0 Å². The Balaban J connectivity index is 4.47. The van der Waals surface area contributed by atoms with E-state index in [4.69, 9.17) is 0 Å². The van der Waals surface area contributed by atoms with Gasteiger partial charge in [-0.25, -0.2) is 0 Å². The fourth-order valence-corrected chi connectivity index (χ4v) is 2.39. The molecular formula is C9H22N2O2S. The summed E-state index contributed by atoms with van der Waals surface area (Å²) in [5, 5.41) is 0. The molecule has 0 aromatic heterocycles. The summed E-state index contributed by atoms with van der Waals surface area (Å²) in [6, 6.07) is 0. The molecule has 0 heterocycles. The van der Waals surface area contributed by atoms with E-state index in [0.29, 0.717) is 13.1 Å². The number of nitrogens with zero attached hydrogens (tertiary/aromatic N) is 2. The van der Waals surface area contributed by atoms with Crippen LogP contribution in [0, 0.1) is 0 Å². The van der Waals surface area contributed by atoms with Gasteiger partial charge in [-0.3, -0.25) is 0 Å². The molecule has 4 nitrogen and oxygen atoms in total. The minimum Gasteiger partial charge on any atom is -0.195 e. The molecule has 0 bridgehead atoms. The minimum absolute atomic E-state index is 0.612. The Bertz CT molecular complexity index is 237. The number of rotatable bonds is 7. The SMILES string of the molecule is CCCCN(CCC)S(=O)(=O)N(C)C. The molecule has 0 N–H and O–H groups in total. The smallest absolute Gasteiger partial charge is 0.195 e. The molecule has 0 aliphatic heterocycles. The Morgan fingerprint density at radius 3 is 1.93 bits per heavy atom. The normalized spacial score (nSPS) is 12.7. The van der Waals surface area contributed by atoms with Crippen LogP contribution in [0.5, 0.6) is 0 Å². The standard InChI is InChI=1S/C9H22N2O2S/c1-5-7-9-11(8-6-2)14(12,13)10(3)4/h5-9H2,1-4H3. The fraction of sp³-hybridized carbons (Fsp3) is 1.00. The van der Waals surface area contributed by atoms with Gasteiger partial charge in [-0.05, 0) is 12.8 Å². The molecule has 0 aliphatic carbocycles. The summed E-state index contributed by atoms with van der Waals surface area (Å²) in [5.41, 5.74) is 0. The van der Waals surface area contributed by atoms with E-state index in [1.54, 1.807) is 18.4 Å². The van der Waals surface area contributed by atoms with Crippen LogP contribution in [0.15, 0.2) is 0 Å². The van der Waals surface area contributed by atoms with Crippen molar-refractivity contribution in [2.24, 2.45) is 0 Å². The third-order valence-corrected chi connectivity index (χ3v) is 3.96. The average Bonchev–Trinajstić information content (AvgIpc) is 2.11. The van der Waals surface area contributed by atoms with Crippen LogP contribution >= 0.6 is 0 Å². The van der Waals surface area contributed by atoms with Gasteiger partial charge in [0.25, 0.3) is 10.2 Å². The lowest BCUT2D eigenvalue weighted by atomic mass is 10.3. The van der Waals surface area contributed by atoms with E-state index in [2.05, 4.69) is 6.92 Å². The first kappa shape index (κ1) is 13.9. The monoisotopic (exact) mass is 222 g/mol. The molecule has 86 valence electrons. The van der Waals surface area contributed by atoms with Crippen LogP contribution in [0.3, 0.4) is 0 Å². The number of hydrogen-bond acceptors (Lipinski definition) is 2. The van der Waals surface area contributed by atoms with E-state index in [-0.39, 0.29) is 0 Å². The fourth-order valence-electron chi connectivity index (χ4n) is 1.16. The van der Waals surface area contributed by atoms with Gasteiger partial charge in [0.05, 0.1) is 0 Å². The molecule has 14 heavy (non-hydrogen) atoms. The van der Waals surface area contributed by atoms with Crippen LogP contribution in [0.25, 0.3) is 0 Å². The van der Waals surface area contributed by atoms with E-state index in [1.165, 1.54) is 4.31 Å². The molecule has 0 aromatic rings. The highest BCUT2D eigenvalue weighted by Crippen LogP contribution is 2.07. The van der Waals surface area contributed by atoms with Gasteiger partial charge >= 0.3 is 0 Å². The van der Waals surface area contributed by atoms with E-state index in [9.17, 15) is 8.42 Å². The number of unbranched alkanes of at least 4 members (excludes halogenated alkanes) is 1. The van der Waals surface area contributed by atoms with Crippen LogP contribution in [-0.4, -0.2) is 44.2 Å². The van der Waals surface area contributed by atoms with Crippen molar-refractivity contribution in [3.8, 4) is 0 Å². The van der Waals surface area contributed by atoms with Crippen molar-refractivity contribution < 1.29 is 8.42 Å². The van der Waals surface area contributed by atoms with Crippen molar-refractivity contribution >= 4 is 10.2 Å². The zero-order valence-electron chi connectivity index (χ0n) is 9.65. The van der Waals surface area contributed by atoms with Crippen LogP contribution in [0.1, 0.15) is 33.1 Å². The summed E-state index contributed by atoms with van der Waals surface area (Å²) in [7, 11) is -0.0600. The first-order valence-corrected chi connectivity index (χ1v) is 6.54. The third-order valence-electron chi connectivity index (χ3n) is 2.02. The molecule has 0 atom stereocenters. The highest BCUT2D eigenvalue weighted by atomic mass is 32.2. The van der Waals surface area contributed by atoms with Crippen molar-refractivity contribution in [1.82, 2.24) is 8.61 Å². The van der Waals surface area contributed by atoms with Gasteiger partial charge < -0.3 is 0 Å². The Morgan fingerprint density at radius 1 is 1.00 bits per heavy atom. The highest BCUT2D eigenvalue weighted by Gasteiger charge is 2.22. The molecule has 0 fully saturated rings. The molecule has 0 radical (unpaired) electrons. The van der Waals surface area contributed by atoms with E-state index in [1.807, 2.05) is 6.92 Å². The van der Waals surface area contributed by atoms with Gasteiger partial charge in [-0.15, -0.1) is 0 Å². The average molecular weight is 222 g/mol. The van der Waals surface area contributed by atoms with Crippen molar-refractivity contribution in [2.75, 3.05) is 27.2 Å². The summed E-state index contributed by atoms with van der Waals surface area (Å²) in [5.74, 6) is 0. The molecule has 0 aliphatic rings. The second-order valence-corrected chi connectivity index (χ2v) is 5.69. The first-order chi connectivity index (χ1) is 6.46. The Hall–Kier alpha value is -0.130. The lowest BCUT2D eigenvalue weighted by molar-refractivity contribution is 0.368. The van der Waals surface area contributed by atoms with E-state index >= 15 is 0 Å². The van der Waals surface area contributed by atoms with Crippen LogP contribution in [0.2, 0.25) is 0 Å². The maximum atomic E-state index is 11.8. The van der Waals surface area contributed by atoms with Gasteiger partial charge in [0.15, 0.2) is 0 Å². The molecule has 0 saturated heterocycles. The van der Waals surface area contributed by atoms with Crippen molar-refractivity contribution in [3.63, 3.8) is 0 Å². The van der Waals surface area contributed by atoms with Crippen LogP contribution in [-0.2, 0) is 10.2 Å². The molecular weight excluding hydrogens is 200 g/mol. The summed E-state index contributed by atoms with van der Waals surface area (Å²) >= 11 is 0. The van der Waals surface area contributed by atoms with E-state index in [0.717, 1.165) is 19.3 Å². The van der Waals surface area contributed by atoms with Gasteiger partial charge in [-0.1, -0.05) is 20.3 Å². The topological polar surface area (TPSA) is 40.6 Å². The number of hydrogen-bond donors (Lipinski definition) is 0. The maximum Gasteiger partial charge on any atom is 0.281 e. The molecule has 0 amide bonds. The summed E-state index contributed by atoms with van der Waals surface area (Å²) in [4.78, 5) is 0. The van der Waals surface area contributed by atoms with Crippen LogP contribution < -0.4 is 0 Å². The Morgan fingerprint density at radius 2 is 1.57 bits per heavy atom. The second-order valence-electron chi connectivity index (χ2n) is 3.54. The zero-order chi connectivity index (χ0) is 11.2. The molecule has 0 aromatic carbocycles. The predicted octanol–water partition coefficient (Wildman–Crippen LogP) is 1.30. The predicted molar refractivity (Wildman–Crippen MR) is 59.4 cm³/mol. The minimum atomic E-state index is -3.21. The largest absolute Gasteiger partial charge is 0.281 e. The third kappa shape index (κ3) is 3.94. The maximum absolute atomic E-state index is 11.8. The zero-order valence-corrected chi connectivity index (χ0v) is 10.5. The van der Waals surface area contributed by atoms with Gasteiger partial charge in [0, 0.05) is 27.2 Å². The van der Waals surface area contributed by atoms with E-state index < -0.39 is 10.2 Å². The van der Waals surface area contributed by atoms with Crippen molar-refractivity contribution in [2.45, 2.75) is 33.1 Å². The summed E-state index contributed by atoms with van der Waals surface area (Å²) < 4.78 is 26.4. The van der Waals surface area contributed by atoms with Gasteiger partial charge in [-0.2, -0.15) is 17.0 Å². The summed E-state index contributed by atoms with van der Waals surface area (Å²) in [6.45, 7) is 5.29. The quantitative estimate of drug-likeness (QED) is 0.651. The highest BCUT2D eigenvalue weighted by molar-refractivity contribution is 7.86. The molecule has 0 rings (SSSR count). The molecule has 0 spiro atoms. The Labute approximate surface area is 88.1 Å². The summed E-state index contributed by atoms with van der Waals surface area (Å²) in [6.07, 6.45) is 2.80. The van der Waals surface area contributed by atoms with Gasteiger partial charge in [0.2, 0.25) is 0 Å².